The molecule has 2 aromatic carbocycles. The quantitative estimate of drug-likeness (QED) is 0.102. The van der Waals surface area contributed by atoms with Crippen molar-refractivity contribution in [1.82, 2.24) is 0 Å². The molecule has 0 aliphatic rings. The molecule has 0 amide bonds. The number of unbranched alkanes of at least 4 members (excludes halogenated alkanes) is 11. The molecule has 0 spiro atoms. The molecule has 0 atom stereocenters. The van der Waals surface area contributed by atoms with E-state index in [1.807, 2.05) is 6.07 Å². The minimum atomic E-state index is -0.662. The minimum absolute atomic E-state index is 0.00778. The SMILES string of the molecule is CCCCCCCCC=CCCCCCCCC(=O)Oc1c(-c2ccccc2)oc2cc(O)cc(O)c2c1=O. The first-order valence-corrected chi connectivity index (χ1v) is 14.4. The van der Waals surface area contributed by atoms with Crippen LogP contribution in [0.1, 0.15) is 96.8 Å². The van der Waals surface area contributed by atoms with E-state index >= 15 is 0 Å². The molecule has 6 nitrogen and oxygen atoms in total. The third kappa shape index (κ3) is 9.61. The van der Waals surface area contributed by atoms with E-state index in [0.717, 1.165) is 38.2 Å². The summed E-state index contributed by atoms with van der Waals surface area (Å²) in [6.45, 7) is 2.24. The third-order valence-electron chi connectivity index (χ3n) is 6.81. The molecule has 39 heavy (non-hydrogen) atoms. The Balaban J connectivity index is 1.45. The van der Waals surface area contributed by atoms with Crippen molar-refractivity contribution in [3.05, 3.63) is 64.8 Å². The van der Waals surface area contributed by atoms with Crippen LogP contribution in [0.4, 0.5) is 0 Å². The second-order valence-corrected chi connectivity index (χ2v) is 10.1. The van der Waals surface area contributed by atoms with Gasteiger partial charge in [0.1, 0.15) is 22.5 Å². The molecule has 0 radical (unpaired) electrons. The van der Waals surface area contributed by atoms with Crippen molar-refractivity contribution in [3.8, 4) is 28.6 Å². The molecule has 0 aliphatic heterocycles. The summed E-state index contributed by atoms with van der Waals surface area (Å²) in [5, 5.41) is 19.9. The maximum atomic E-state index is 13.2. The molecule has 3 aromatic rings. The summed E-state index contributed by atoms with van der Waals surface area (Å²) in [6, 6.07) is 11.1. The second kappa shape index (κ2) is 16.4. The first-order valence-electron chi connectivity index (χ1n) is 14.4. The van der Waals surface area contributed by atoms with Crippen LogP contribution in [0.15, 0.2) is 63.8 Å². The summed E-state index contributed by atoms with van der Waals surface area (Å²) >= 11 is 0. The Hall–Kier alpha value is -3.54. The molecule has 0 fully saturated rings. The molecule has 0 saturated carbocycles. The van der Waals surface area contributed by atoms with Crippen LogP contribution >= 0.6 is 0 Å². The van der Waals surface area contributed by atoms with Crippen molar-refractivity contribution in [2.75, 3.05) is 0 Å². The highest BCUT2D eigenvalue weighted by molar-refractivity contribution is 5.89. The smallest absolute Gasteiger partial charge is 0.311 e. The zero-order valence-electron chi connectivity index (χ0n) is 23.1. The van der Waals surface area contributed by atoms with Crippen molar-refractivity contribution < 1.29 is 24.2 Å². The van der Waals surface area contributed by atoms with Gasteiger partial charge < -0.3 is 19.4 Å². The van der Waals surface area contributed by atoms with Crippen molar-refractivity contribution in [1.29, 1.82) is 0 Å². The van der Waals surface area contributed by atoms with Gasteiger partial charge in [-0.2, -0.15) is 0 Å². The van der Waals surface area contributed by atoms with Gasteiger partial charge in [-0.25, -0.2) is 0 Å². The average molecular weight is 535 g/mol. The normalized spacial score (nSPS) is 11.4. The van der Waals surface area contributed by atoms with Crippen LogP contribution < -0.4 is 10.2 Å². The van der Waals surface area contributed by atoms with Crippen LogP contribution in [0.3, 0.4) is 0 Å². The van der Waals surface area contributed by atoms with E-state index in [2.05, 4.69) is 19.1 Å². The van der Waals surface area contributed by atoms with Gasteiger partial charge in [0.2, 0.25) is 11.2 Å². The van der Waals surface area contributed by atoms with Gasteiger partial charge in [0.05, 0.1) is 0 Å². The average Bonchev–Trinajstić information content (AvgIpc) is 2.92. The molecule has 3 rings (SSSR count). The summed E-state index contributed by atoms with van der Waals surface area (Å²) in [7, 11) is 0. The molecule has 1 heterocycles. The van der Waals surface area contributed by atoms with E-state index in [-0.39, 0.29) is 34.6 Å². The number of hydrogen-bond acceptors (Lipinski definition) is 6. The molecule has 210 valence electrons. The number of phenols is 2. The Morgan fingerprint density at radius 3 is 2.13 bits per heavy atom. The van der Waals surface area contributed by atoms with Crippen LogP contribution in [0.2, 0.25) is 0 Å². The van der Waals surface area contributed by atoms with Crippen molar-refractivity contribution in [2.45, 2.75) is 96.8 Å². The number of carbonyl (C=O) groups excluding carboxylic acids is 1. The Bertz CT molecular complexity index is 1260. The maximum absolute atomic E-state index is 13.2. The number of ether oxygens (including phenoxy) is 1. The number of rotatable bonds is 17. The lowest BCUT2D eigenvalue weighted by Gasteiger charge is -2.11. The first kappa shape index (κ1) is 30.0. The lowest BCUT2D eigenvalue weighted by Crippen LogP contribution is -2.16. The van der Waals surface area contributed by atoms with Crippen molar-refractivity contribution >= 4 is 16.9 Å². The van der Waals surface area contributed by atoms with Crippen LogP contribution in [0.25, 0.3) is 22.3 Å². The molecule has 1 aromatic heterocycles. The highest BCUT2D eigenvalue weighted by atomic mass is 16.5. The van der Waals surface area contributed by atoms with Gasteiger partial charge in [0, 0.05) is 24.1 Å². The highest BCUT2D eigenvalue weighted by Gasteiger charge is 2.22. The Morgan fingerprint density at radius 1 is 0.846 bits per heavy atom. The summed E-state index contributed by atoms with van der Waals surface area (Å²) in [6.07, 6.45) is 20.0. The topological polar surface area (TPSA) is 97.0 Å². The standard InChI is InChI=1S/C33H42O6/c1-2-3-4-5-6-7-8-9-10-11-12-13-14-15-19-22-29(36)39-33-31(37)30-27(35)23-26(34)24-28(30)38-32(33)25-20-17-16-18-21-25/h9-10,16-18,20-21,23-24,34-35H,2-8,11-15,19,22H2,1H3. The number of allylic oxidation sites excluding steroid dienone is 2. The van der Waals surface area contributed by atoms with Crippen molar-refractivity contribution in [3.63, 3.8) is 0 Å². The lowest BCUT2D eigenvalue weighted by molar-refractivity contribution is -0.134. The van der Waals surface area contributed by atoms with Crippen LogP contribution in [-0.2, 0) is 4.79 Å². The second-order valence-electron chi connectivity index (χ2n) is 10.1. The monoisotopic (exact) mass is 534 g/mol. The number of phenolic OH excluding ortho intramolecular Hbond substituents is 2. The van der Waals surface area contributed by atoms with Gasteiger partial charge in [-0.05, 0) is 32.1 Å². The predicted octanol–water partition coefficient (Wildman–Crippen LogP) is 8.81. The molecule has 2 N–H and O–H groups in total. The van der Waals surface area contributed by atoms with Gasteiger partial charge in [-0.1, -0.05) is 101 Å². The minimum Gasteiger partial charge on any atom is -0.508 e. The van der Waals surface area contributed by atoms with Crippen LogP contribution in [0.5, 0.6) is 17.2 Å². The first-order chi connectivity index (χ1) is 19.0. The summed E-state index contributed by atoms with van der Waals surface area (Å²) in [5.41, 5.74) is -0.109. The number of aromatic hydroxyl groups is 2. The molecule has 0 saturated heterocycles. The van der Waals surface area contributed by atoms with Gasteiger partial charge >= 0.3 is 5.97 Å². The number of hydrogen-bond donors (Lipinski definition) is 2. The predicted molar refractivity (Wildman–Crippen MR) is 156 cm³/mol. The molecular formula is C33H42O6. The Kier molecular flexibility index (Phi) is 12.6. The molecular weight excluding hydrogens is 492 g/mol. The Morgan fingerprint density at radius 2 is 1.46 bits per heavy atom. The van der Waals surface area contributed by atoms with Gasteiger partial charge in [-0.3, -0.25) is 9.59 Å². The van der Waals surface area contributed by atoms with E-state index in [0.29, 0.717) is 12.0 Å². The number of fused-ring (bicyclic) bond motifs is 1. The van der Waals surface area contributed by atoms with E-state index < -0.39 is 17.1 Å². The summed E-state index contributed by atoms with van der Waals surface area (Å²) in [5.74, 6) is -1.37. The van der Waals surface area contributed by atoms with Gasteiger partial charge in [-0.15, -0.1) is 0 Å². The zero-order chi connectivity index (χ0) is 27.9. The molecule has 0 aliphatic carbocycles. The zero-order valence-corrected chi connectivity index (χ0v) is 23.1. The lowest BCUT2D eigenvalue weighted by atomic mass is 10.1. The Labute approximate surface area is 231 Å². The van der Waals surface area contributed by atoms with E-state index in [1.165, 1.54) is 51.0 Å². The van der Waals surface area contributed by atoms with Crippen LogP contribution in [-0.4, -0.2) is 16.2 Å². The summed E-state index contributed by atoms with van der Waals surface area (Å²) < 4.78 is 11.4. The van der Waals surface area contributed by atoms with E-state index in [1.54, 1.807) is 24.3 Å². The fourth-order valence-electron chi connectivity index (χ4n) is 4.65. The number of carbonyl (C=O) groups is 1. The van der Waals surface area contributed by atoms with Gasteiger partial charge in [0.25, 0.3) is 0 Å². The largest absolute Gasteiger partial charge is 0.508 e. The van der Waals surface area contributed by atoms with E-state index in [9.17, 15) is 19.8 Å². The van der Waals surface area contributed by atoms with Crippen LogP contribution in [0, 0.1) is 0 Å². The highest BCUT2D eigenvalue weighted by Crippen LogP contribution is 2.35. The fraction of sp³-hybridized carbons (Fsp3) is 0.455. The van der Waals surface area contributed by atoms with E-state index in [4.69, 9.17) is 9.15 Å². The number of benzene rings is 2. The molecule has 0 unspecified atom stereocenters. The molecule has 0 bridgehead atoms. The third-order valence-corrected chi connectivity index (χ3v) is 6.81. The maximum Gasteiger partial charge on any atom is 0.311 e. The molecule has 6 heteroatoms. The summed E-state index contributed by atoms with van der Waals surface area (Å²) in [4.78, 5) is 25.9. The van der Waals surface area contributed by atoms with Crippen molar-refractivity contribution in [2.24, 2.45) is 0 Å². The number of esters is 1. The fourth-order valence-corrected chi connectivity index (χ4v) is 4.65. The van der Waals surface area contributed by atoms with Gasteiger partial charge in [0.15, 0.2) is 5.76 Å².